The molecule has 1 unspecified atom stereocenters. The minimum absolute atomic E-state index is 0.367. The number of hydrogen-bond donors (Lipinski definition) is 1. The Balaban J connectivity index is 2.26. The molecule has 0 aliphatic carbocycles. The van der Waals surface area contributed by atoms with Gasteiger partial charge in [0.15, 0.2) is 5.96 Å². The number of hydrogen-bond acceptors (Lipinski definition) is 4. The average Bonchev–Trinajstić information content (AvgIpc) is 2.71. The Labute approximate surface area is 88.3 Å². The van der Waals surface area contributed by atoms with E-state index in [2.05, 4.69) is 35.2 Å². The third-order valence-electron chi connectivity index (χ3n) is 2.70. The number of aryl methyl sites for hydroxylation is 1. The van der Waals surface area contributed by atoms with Gasteiger partial charge in [0.1, 0.15) is 0 Å². The van der Waals surface area contributed by atoms with Crippen LogP contribution in [0.5, 0.6) is 0 Å². The second-order valence-electron chi connectivity index (χ2n) is 3.43. The molecule has 3 nitrogen and oxygen atoms in total. The van der Waals surface area contributed by atoms with Gasteiger partial charge in [-0.2, -0.15) is 0 Å². The quantitative estimate of drug-likeness (QED) is 0.806. The monoisotopic (exact) mass is 209 g/mol. The van der Waals surface area contributed by atoms with E-state index in [1.54, 1.807) is 11.3 Å². The van der Waals surface area contributed by atoms with Gasteiger partial charge in [0.05, 0.1) is 12.6 Å². The normalized spacial score (nSPS) is 21.4. The number of thiophene rings is 1. The highest BCUT2D eigenvalue weighted by Gasteiger charge is 2.27. The Bertz CT molecular complexity index is 356. The molecule has 1 atom stereocenters. The lowest BCUT2D eigenvalue weighted by Gasteiger charge is -2.24. The lowest BCUT2D eigenvalue weighted by atomic mass is 10.1. The van der Waals surface area contributed by atoms with Gasteiger partial charge in [-0.05, 0) is 30.9 Å². The molecule has 4 heteroatoms. The summed E-state index contributed by atoms with van der Waals surface area (Å²) in [5.74, 6) is 0.683. The van der Waals surface area contributed by atoms with Crippen molar-refractivity contribution in [1.82, 2.24) is 4.90 Å². The Morgan fingerprint density at radius 3 is 3.07 bits per heavy atom. The molecule has 14 heavy (non-hydrogen) atoms. The van der Waals surface area contributed by atoms with Crippen LogP contribution in [0.4, 0.5) is 0 Å². The molecule has 2 N–H and O–H groups in total. The zero-order valence-corrected chi connectivity index (χ0v) is 9.34. The van der Waals surface area contributed by atoms with E-state index in [9.17, 15) is 0 Å². The van der Waals surface area contributed by atoms with Crippen LogP contribution in [-0.4, -0.2) is 23.9 Å². The number of aliphatic imine (C=N–C) groups is 1. The molecule has 76 valence electrons. The van der Waals surface area contributed by atoms with Crippen molar-refractivity contribution in [3.63, 3.8) is 0 Å². The predicted octanol–water partition coefficient (Wildman–Crippen LogP) is 1.75. The summed E-state index contributed by atoms with van der Waals surface area (Å²) in [7, 11) is 0. The fraction of sp³-hybridized carbons (Fsp3) is 0.500. The highest BCUT2D eigenvalue weighted by Crippen LogP contribution is 2.30. The molecule has 0 radical (unpaired) electrons. The van der Waals surface area contributed by atoms with Gasteiger partial charge in [0.2, 0.25) is 0 Å². The van der Waals surface area contributed by atoms with E-state index in [-0.39, 0.29) is 0 Å². The van der Waals surface area contributed by atoms with E-state index in [1.807, 2.05) is 0 Å². The molecule has 1 aromatic rings. The standard InChI is InChI=1S/C10H15N3S/c1-3-13-9(6-12-10(13)11)8-4-5-14-7(8)2/h4-5,9H,3,6H2,1-2H3,(H2,11,12). The minimum Gasteiger partial charge on any atom is -0.370 e. The summed E-state index contributed by atoms with van der Waals surface area (Å²) >= 11 is 1.79. The van der Waals surface area contributed by atoms with Gasteiger partial charge < -0.3 is 10.6 Å². The first kappa shape index (κ1) is 9.52. The van der Waals surface area contributed by atoms with Crippen LogP contribution in [0.25, 0.3) is 0 Å². The Morgan fingerprint density at radius 2 is 2.50 bits per heavy atom. The molecule has 0 amide bonds. The van der Waals surface area contributed by atoms with E-state index in [0.717, 1.165) is 13.1 Å². The van der Waals surface area contributed by atoms with E-state index >= 15 is 0 Å². The molecule has 2 rings (SSSR count). The molecule has 1 aromatic heterocycles. The first-order valence-corrected chi connectivity index (χ1v) is 5.72. The second-order valence-corrected chi connectivity index (χ2v) is 4.55. The first-order chi connectivity index (χ1) is 6.74. The molecule has 0 saturated carbocycles. The van der Waals surface area contributed by atoms with E-state index in [4.69, 9.17) is 5.73 Å². The minimum atomic E-state index is 0.367. The Morgan fingerprint density at radius 1 is 1.71 bits per heavy atom. The van der Waals surface area contributed by atoms with Gasteiger partial charge in [0.25, 0.3) is 0 Å². The lowest BCUT2D eigenvalue weighted by Crippen LogP contribution is -2.35. The number of nitrogens with zero attached hydrogens (tertiary/aromatic N) is 2. The van der Waals surface area contributed by atoms with Gasteiger partial charge in [-0.15, -0.1) is 11.3 Å². The molecule has 0 aromatic carbocycles. The van der Waals surface area contributed by atoms with Crippen molar-refractivity contribution >= 4 is 17.3 Å². The van der Waals surface area contributed by atoms with Crippen molar-refractivity contribution in [1.29, 1.82) is 0 Å². The number of nitrogens with two attached hydrogens (primary N) is 1. The van der Waals surface area contributed by atoms with Crippen LogP contribution in [0.2, 0.25) is 0 Å². The topological polar surface area (TPSA) is 41.6 Å². The maximum atomic E-state index is 5.82. The summed E-state index contributed by atoms with van der Waals surface area (Å²) in [6, 6.07) is 2.55. The van der Waals surface area contributed by atoms with Gasteiger partial charge in [0, 0.05) is 11.4 Å². The summed E-state index contributed by atoms with van der Waals surface area (Å²) < 4.78 is 0. The van der Waals surface area contributed by atoms with Crippen molar-refractivity contribution in [2.75, 3.05) is 13.1 Å². The molecule has 2 heterocycles. The van der Waals surface area contributed by atoms with Gasteiger partial charge in [-0.1, -0.05) is 0 Å². The summed E-state index contributed by atoms with van der Waals surface area (Å²) in [4.78, 5) is 7.83. The molecule has 0 fully saturated rings. The van der Waals surface area contributed by atoms with Crippen LogP contribution >= 0.6 is 11.3 Å². The van der Waals surface area contributed by atoms with Crippen molar-refractivity contribution in [2.45, 2.75) is 19.9 Å². The predicted molar refractivity (Wildman–Crippen MR) is 60.7 cm³/mol. The van der Waals surface area contributed by atoms with Crippen molar-refractivity contribution < 1.29 is 0 Å². The highest BCUT2D eigenvalue weighted by atomic mass is 32.1. The highest BCUT2D eigenvalue weighted by molar-refractivity contribution is 7.10. The average molecular weight is 209 g/mol. The molecular formula is C10H15N3S. The summed E-state index contributed by atoms with van der Waals surface area (Å²) in [5.41, 5.74) is 7.19. The van der Waals surface area contributed by atoms with Gasteiger partial charge in [-0.3, -0.25) is 4.99 Å². The van der Waals surface area contributed by atoms with Crippen molar-refractivity contribution in [3.05, 3.63) is 21.9 Å². The van der Waals surface area contributed by atoms with Crippen LogP contribution in [0.1, 0.15) is 23.4 Å². The Hall–Kier alpha value is -1.03. The molecule has 0 bridgehead atoms. The number of guanidine groups is 1. The third-order valence-corrected chi connectivity index (χ3v) is 3.56. The number of likely N-dealkylation sites (N-methyl/N-ethyl adjacent to an activating group) is 1. The maximum absolute atomic E-state index is 5.82. The SMILES string of the molecule is CCN1C(N)=NCC1c1ccsc1C. The fourth-order valence-electron chi connectivity index (χ4n) is 1.92. The molecule has 0 saturated heterocycles. The Kier molecular flexibility index (Phi) is 2.46. The van der Waals surface area contributed by atoms with Crippen molar-refractivity contribution in [3.8, 4) is 0 Å². The van der Waals surface area contributed by atoms with Gasteiger partial charge >= 0.3 is 0 Å². The van der Waals surface area contributed by atoms with Crippen molar-refractivity contribution in [2.24, 2.45) is 10.7 Å². The second kappa shape index (κ2) is 3.61. The zero-order valence-electron chi connectivity index (χ0n) is 8.53. The first-order valence-electron chi connectivity index (χ1n) is 4.84. The molecule has 1 aliphatic rings. The maximum Gasteiger partial charge on any atom is 0.191 e. The molecule has 1 aliphatic heterocycles. The summed E-state index contributed by atoms with van der Waals surface area (Å²) in [6.07, 6.45) is 0. The van der Waals surface area contributed by atoms with Crippen LogP contribution in [0.15, 0.2) is 16.4 Å². The largest absolute Gasteiger partial charge is 0.370 e. The smallest absolute Gasteiger partial charge is 0.191 e. The van der Waals surface area contributed by atoms with Crippen LogP contribution in [0.3, 0.4) is 0 Å². The van der Waals surface area contributed by atoms with Crippen LogP contribution in [-0.2, 0) is 0 Å². The molecule has 0 spiro atoms. The van der Waals surface area contributed by atoms with E-state index < -0.39 is 0 Å². The van der Waals surface area contributed by atoms with E-state index in [1.165, 1.54) is 10.4 Å². The molecular weight excluding hydrogens is 194 g/mol. The van der Waals surface area contributed by atoms with Crippen LogP contribution < -0.4 is 5.73 Å². The fourth-order valence-corrected chi connectivity index (χ4v) is 2.68. The van der Waals surface area contributed by atoms with Gasteiger partial charge in [-0.25, -0.2) is 0 Å². The van der Waals surface area contributed by atoms with E-state index in [0.29, 0.717) is 12.0 Å². The lowest BCUT2D eigenvalue weighted by molar-refractivity contribution is 0.364. The third kappa shape index (κ3) is 1.39. The summed E-state index contributed by atoms with van der Waals surface area (Å²) in [5, 5.41) is 2.13. The van der Waals surface area contributed by atoms with Crippen LogP contribution in [0, 0.1) is 6.92 Å². The number of rotatable bonds is 2. The zero-order chi connectivity index (χ0) is 10.1. The summed E-state index contributed by atoms with van der Waals surface area (Å²) in [6.45, 7) is 6.00.